The second-order valence-electron chi connectivity index (χ2n) is 5.54. The molecule has 0 saturated carbocycles. The first-order valence-electron chi connectivity index (χ1n) is 7.60. The summed E-state index contributed by atoms with van der Waals surface area (Å²) < 4.78 is 26.2. The zero-order chi connectivity index (χ0) is 16.9. The summed E-state index contributed by atoms with van der Waals surface area (Å²) in [5, 5.41) is 6.65. The molecule has 1 amide bonds. The lowest BCUT2D eigenvalue weighted by molar-refractivity contribution is -0.116. The lowest BCUT2D eigenvalue weighted by Gasteiger charge is -2.22. The molecule has 3 rings (SSSR count). The number of benzene rings is 1. The zero-order valence-corrected chi connectivity index (χ0v) is 14.5. The fourth-order valence-electron chi connectivity index (χ4n) is 2.44. The average molecular weight is 369 g/mol. The standard InChI is InChI=1S/C16H17F2N3OS2/c17-13-2-1-10(6-14(13)18)5-12-8-20-16(24-12)21-15(22)7-11-9-23-4-3-19-11/h1-2,6,8,11,19H,3-5,7,9H2,(H,20,21,22). The predicted molar refractivity (Wildman–Crippen MR) is 93.6 cm³/mol. The van der Waals surface area contributed by atoms with Gasteiger partial charge < -0.3 is 10.6 Å². The molecule has 1 aliphatic heterocycles. The van der Waals surface area contributed by atoms with Crippen LogP contribution in [0.4, 0.5) is 13.9 Å². The molecule has 1 aromatic carbocycles. The number of thiazole rings is 1. The third-order valence-electron chi connectivity index (χ3n) is 3.59. The molecule has 8 heteroatoms. The number of anilines is 1. The predicted octanol–water partition coefficient (Wildman–Crippen LogP) is 3.05. The Labute approximate surface area is 147 Å². The third-order valence-corrected chi connectivity index (χ3v) is 5.64. The van der Waals surface area contributed by atoms with Crippen LogP contribution in [0.3, 0.4) is 0 Å². The molecule has 0 bridgehead atoms. The monoisotopic (exact) mass is 369 g/mol. The summed E-state index contributed by atoms with van der Waals surface area (Å²) in [7, 11) is 0. The molecule has 1 atom stereocenters. The quantitative estimate of drug-likeness (QED) is 0.851. The fourth-order valence-corrected chi connectivity index (χ4v) is 4.25. The van der Waals surface area contributed by atoms with Crippen LogP contribution in [-0.4, -0.2) is 35.0 Å². The smallest absolute Gasteiger partial charge is 0.227 e. The van der Waals surface area contributed by atoms with Crippen molar-refractivity contribution in [1.29, 1.82) is 0 Å². The van der Waals surface area contributed by atoms with E-state index in [0.717, 1.165) is 29.0 Å². The minimum atomic E-state index is -0.858. The van der Waals surface area contributed by atoms with Gasteiger partial charge in [-0.05, 0) is 17.7 Å². The van der Waals surface area contributed by atoms with E-state index >= 15 is 0 Å². The normalized spacial score (nSPS) is 17.7. The maximum absolute atomic E-state index is 13.2. The molecule has 1 unspecified atom stereocenters. The van der Waals surface area contributed by atoms with E-state index in [1.807, 2.05) is 11.8 Å². The Morgan fingerprint density at radius 3 is 3.00 bits per heavy atom. The van der Waals surface area contributed by atoms with Gasteiger partial charge in [0.05, 0.1) is 0 Å². The second-order valence-corrected chi connectivity index (χ2v) is 7.80. The Bertz CT molecular complexity index is 717. The molecular weight excluding hydrogens is 352 g/mol. The molecule has 1 saturated heterocycles. The highest BCUT2D eigenvalue weighted by Crippen LogP contribution is 2.22. The van der Waals surface area contributed by atoms with E-state index in [0.29, 0.717) is 23.5 Å². The van der Waals surface area contributed by atoms with Gasteiger partial charge in [-0.2, -0.15) is 11.8 Å². The Morgan fingerprint density at radius 1 is 1.38 bits per heavy atom. The highest BCUT2D eigenvalue weighted by atomic mass is 32.2. The van der Waals surface area contributed by atoms with Gasteiger partial charge in [0, 0.05) is 48.0 Å². The highest BCUT2D eigenvalue weighted by molar-refractivity contribution is 7.99. The minimum absolute atomic E-state index is 0.0660. The maximum Gasteiger partial charge on any atom is 0.227 e. The number of hydrogen-bond donors (Lipinski definition) is 2. The van der Waals surface area contributed by atoms with E-state index in [2.05, 4.69) is 15.6 Å². The van der Waals surface area contributed by atoms with Crippen molar-refractivity contribution in [3.05, 3.63) is 46.5 Å². The number of nitrogens with zero attached hydrogens (tertiary/aromatic N) is 1. The number of rotatable bonds is 5. The van der Waals surface area contributed by atoms with Crippen LogP contribution in [0.5, 0.6) is 0 Å². The number of hydrogen-bond acceptors (Lipinski definition) is 5. The van der Waals surface area contributed by atoms with Crippen molar-refractivity contribution in [2.45, 2.75) is 18.9 Å². The topological polar surface area (TPSA) is 54.0 Å². The number of thioether (sulfide) groups is 1. The Balaban J connectivity index is 1.54. The first-order valence-corrected chi connectivity index (χ1v) is 9.57. The van der Waals surface area contributed by atoms with E-state index in [9.17, 15) is 13.6 Å². The van der Waals surface area contributed by atoms with E-state index < -0.39 is 11.6 Å². The summed E-state index contributed by atoms with van der Waals surface area (Å²) in [4.78, 5) is 17.1. The lowest BCUT2D eigenvalue weighted by atomic mass is 10.1. The van der Waals surface area contributed by atoms with Crippen molar-refractivity contribution in [1.82, 2.24) is 10.3 Å². The summed E-state index contributed by atoms with van der Waals surface area (Å²) >= 11 is 3.19. The van der Waals surface area contributed by atoms with Crippen LogP contribution in [0.25, 0.3) is 0 Å². The molecule has 1 aromatic heterocycles. The van der Waals surface area contributed by atoms with Crippen LogP contribution >= 0.6 is 23.1 Å². The molecule has 2 heterocycles. The van der Waals surface area contributed by atoms with Gasteiger partial charge in [0.2, 0.25) is 5.91 Å². The molecule has 0 aliphatic carbocycles. The summed E-state index contributed by atoms with van der Waals surface area (Å²) in [6, 6.07) is 4.04. The van der Waals surface area contributed by atoms with Gasteiger partial charge in [0.1, 0.15) is 0 Å². The van der Waals surface area contributed by atoms with E-state index in [1.54, 1.807) is 12.3 Å². The number of nitrogens with one attached hydrogen (secondary N) is 2. The Kier molecular flexibility index (Phi) is 5.80. The van der Waals surface area contributed by atoms with Crippen LogP contribution in [-0.2, 0) is 11.2 Å². The van der Waals surface area contributed by atoms with Crippen molar-refractivity contribution in [3.63, 3.8) is 0 Å². The average Bonchev–Trinajstić information content (AvgIpc) is 2.98. The minimum Gasteiger partial charge on any atom is -0.312 e. The van der Waals surface area contributed by atoms with Crippen LogP contribution in [0.15, 0.2) is 24.4 Å². The van der Waals surface area contributed by atoms with Gasteiger partial charge in [-0.1, -0.05) is 6.07 Å². The first kappa shape index (κ1) is 17.3. The van der Waals surface area contributed by atoms with Crippen molar-refractivity contribution in [2.24, 2.45) is 0 Å². The molecule has 2 aromatic rings. The van der Waals surface area contributed by atoms with E-state index in [-0.39, 0.29) is 11.9 Å². The molecule has 128 valence electrons. The van der Waals surface area contributed by atoms with Gasteiger partial charge >= 0.3 is 0 Å². The largest absolute Gasteiger partial charge is 0.312 e. The van der Waals surface area contributed by atoms with Gasteiger partial charge in [-0.3, -0.25) is 4.79 Å². The summed E-state index contributed by atoms with van der Waals surface area (Å²) in [6.45, 7) is 0.929. The number of carbonyl (C=O) groups excluding carboxylic acids is 1. The fraction of sp³-hybridized carbons (Fsp3) is 0.375. The number of amides is 1. The van der Waals surface area contributed by atoms with Gasteiger partial charge in [0.25, 0.3) is 0 Å². The Hall–Kier alpha value is -1.51. The van der Waals surface area contributed by atoms with Crippen molar-refractivity contribution in [3.8, 4) is 0 Å². The van der Waals surface area contributed by atoms with Crippen molar-refractivity contribution < 1.29 is 13.6 Å². The zero-order valence-electron chi connectivity index (χ0n) is 12.9. The molecule has 2 N–H and O–H groups in total. The SMILES string of the molecule is O=C(CC1CSCCN1)Nc1ncc(Cc2ccc(F)c(F)c2)s1. The van der Waals surface area contributed by atoms with Gasteiger partial charge in [-0.25, -0.2) is 13.8 Å². The summed E-state index contributed by atoms with van der Waals surface area (Å²) in [5.74, 6) is 0.238. The first-order chi connectivity index (χ1) is 11.6. The molecule has 24 heavy (non-hydrogen) atoms. The van der Waals surface area contributed by atoms with Gasteiger partial charge in [-0.15, -0.1) is 11.3 Å². The molecule has 1 aliphatic rings. The van der Waals surface area contributed by atoms with Crippen LogP contribution in [0.1, 0.15) is 16.9 Å². The molecule has 4 nitrogen and oxygen atoms in total. The lowest BCUT2D eigenvalue weighted by Crippen LogP contribution is -2.39. The summed E-state index contributed by atoms with van der Waals surface area (Å²) in [6.07, 6.45) is 2.52. The molecule has 0 radical (unpaired) electrons. The molecular formula is C16H17F2N3OS2. The summed E-state index contributed by atoms with van der Waals surface area (Å²) in [5.41, 5.74) is 0.666. The number of halogens is 2. The van der Waals surface area contributed by atoms with Crippen LogP contribution in [0, 0.1) is 11.6 Å². The molecule has 1 fully saturated rings. The highest BCUT2D eigenvalue weighted by Gasteiger charge is 2.17. The van der Waals surface area contributed by atoms with Crippen molar-refractivity contribution >= 4 is 34.1 Å². The number of carbonyl (C=O) groups is 1. The van der Waals surface area contributed by atoms with Crippen molar-refractivity contribution in [2.75, 3.05) is 23.4 Å². The Morgan fingerprint density at radius 2 is 2.25 bits per heavy atom. The van der Waals surface area contributed by atoms with E-state index in [4.69, 9.17) is 0 Å². The second kappa shape index (κ2) is 8.04. The maximum atomic E-state index is 13.2. The van der Waals surface area contributed by atoms with Crippen LogP contribution < -0.4 is 10.6 Å². The van der Waals surface area contributed by atoms with Gasteiger partial charge in [0.15, 0.2) is 16.8 Å². The van der Waals surface area contributed by atoms with E-state index in [1.165, 1.54) is 17.4 Å². The van der Waals surface area contributed by atoms with Crippen LogP contribution in [0.2, 0.25) is 0 Å². The molecule has 0 spiro atoms. The third kappa shape index (κ3) is 4.75. The number of aromatic nitrogens is 1.